The van der Waals surface area contributed by atoms with Crippen molar-refractivity contribution in [3.05, 3.63) is 28.3 Å². The maximum Gasteiger partial charge on any atom is 0.245 e. The van der Waals surface area contributed by atoms with E-state index in [1.807, 2.05) is 0 Å². The first kappa shape index (κ1) is 17.2. The van der Waals surface area contributed by atoms with E-state index in [9.17, 15) is 23.3 Å². The molecule has 1 saturated heterocycles. The van der Waals surface area contributed by atoms with E-state index in [0.717, 1.165) is 11.7 Å². The fraction of sp³-hybridized carbons (Fsp3) is 0.500. The quantitative estimate of drug-likeness (QED) is 0.532. The molecule has 26 heavy (non-hydrogen) atoms. The largest absolute Gasteiger partial charge is 0.340 e. The van der Waals surface area contributed by atoms with E-state index in [0.29, 0.717) is 11.0 Å². The lowest BCUT2D eigenvalue weighted by atomic mass is 10.3. The number of carbonyl (C=O) groups is 1. The topological polar surface area (TPSA) is 127 Å². The van der Waals surface area contributed by atoms with Crippen LogP contribution in [0.15, 0.2) is 23.1 Å². The zero-order valence-corrected chi connectivity index (χ0v) is 15.1. The molecule has 1 aromatic carbocycles. The summed E-state index contributed by atoms with van der Waals surface area (Å²) >= 11 is 0.956. The predicted octanol–water partition coefficient (Wildman–Crippen LogP) is 0.189. The summed E-state index contributed by atoms with van der Waals surface area (Å²) in [6, 6.07) is 4.04. The molecule has 0 spiro atoms. The van der Waals surface area contributed by atoms with Gasteiger partial charge in [-0.15, -0.1) is 0 Å². The molecule has 2 aromatic rings. The van der Waals surface area contributed by atoms with Gasteiger partial charge in [0.05, 0.1) is 11.7 Å². The molecule has 138 valence electrons. The smallest absolute Gasteiger partial charge is 0.245 e. The minimum atomic E-state index is -3.75. The van der Waals surface area contributed by atoms with Gasteiger partial charge in [0.25, 0.3) is 0 Å². The average molecular weight is 397 g/mol. The van der Waals surface area contributed by atoms with Gasteiger partial charge < -0.3 is 4.90 Å². The molecule has 1 aliphatic heterocycles. The molecular weight excluding hydrogens is 382 g/mol. The highest BCUT2D eigenvalue weighted by Gasteiger charge is 2.54. The van der Waals surface area contributed by atoms with Crippen molar-refractivity contribution in [3.8, 4) is 0 Å². The highest BCUT2D eigenvalue weighted by Crippen LogP contribution is 2.35. The molecule has 1 aromatic heterocycles. The molecular formula is C14H15N5O5S2. The third-order valence-corrected chi connectivity index (χ3v) is 7.23. The maximum absolute atomic E-state index is 12.9. The molecule has 2 atom stereocenters. The third kappa shape index (κ3) is 2.83. The Kier molecular flexibility index (Phi) is 4.12. The van der Waals surface area contributed by atoms with Gasteiger partial charge in [0.1, 0.15) is 21.8 Å². The minimum Gasteiger partial charge on any atom is -0.340 e. The number of hydrogen-bond donors (Lipinski definition) is 0. The van der Waals surface area contributed by atoms with Gasteiger partial charge in [-0.3, -0.25) is 14.9 Å². The number of fused-ring (bicyclic) bond motifs is 1. The molecule has 0 bridgehead atoms. The van der Waals surface area contributed by atoms with Crippen LogP contribution in [0.2, 0.25) is 0 Å². The van der Waals surface area contributed by atoms with Gasteiger partial charge in [0, 0.05) is 37.5 Å². The monoisotopic (exact) mass is 397 g/mol. The first-order chi connectivity index (χ1) is 12.4. The van der Waals surface area contributed by atoms with E-state index >= 15 is 0 Å². The second-order valence-electron chi connectivity index (χ2n) is 6.31. The molecule has 1 aliphatic carbocycles. The normalized spacial score (nSPS) is 23.9. The van der Waals surface area contributed by atoms with Gasteiger partial charge >= 0.3 is 0 Å². The van der Waals surface area contributed by atoms with Crippen LogP contribution in [-0.4, -0.2) is 69.4 Å². The van der Waals surface area contributed by atoms with Crippen LogP contribution < -0.4 is 0 Å². The van der Waals surface area contributed by atoms with Crippen molar-refractivity contribution in [1.82, 2.24) is 18.0 Å². The Balaban J connectivity index is 1.47. The van der Waals surface area contributed by atoms with Crippen LogP contribution >= 0.6 is 11.7 Å². The van der Waals surface area contributed by atoms with Gasteiger partial charge in [-0.1, -0.05) is 6.07 Å². The number of sulfonamides is 1. The second kappa shape index (κ2) is 6.21. The standard InChI is InChI=1S/C14H15N5O5S2/c20-14(9-8-11(9)19(21)22)17-4-6-18(7-5-17)26(23,24)12-3-1-2-10-13(12)16-25-15-10/h1-3,9,11H,4-8H2. The van der Waals surface area contributed by atoms with Gasteiger partial charge in [-0.05, 0) is 12.1 Å². The Labute approximate surface area is 152 Å². The summed E-state index contributed by atoms with van der Waals surface area (Å²) in [5.74, 6) is -0.822. The number of carbonyl (C=O) groups excluding carboxylic acids is 1. The molecule has 10 nitrogen and oxygen atoms in total. The van der Waals surface area contributed by atoms with Crippen LogP contribution in [0, 0.1) is 16.0 Å². The molecule has 4 rings (SSSR count). The molecule has 0 N–H and O–H groups in total. The summed E-state index contributed by atoms with van der Waals surface area (Å²) in [7, 11) is -3.75. The summed E-state index contributed by atoms with van der Waals surface area (Å²) in [5, 5.41) is 10.7. The van der Waals surface area contributed by atoms with E-state index in [1.54, 1.807) is 12.1 Å². The molecule has 2 unspecified atom stereocenters. The number of benzene rings is 1. The number of aromatic nitrogens is 2. The average Bonchev–Trinajstić information content (AvgIpc) is 3.30. The number of hydrogen-bond acceptors (Lipinski definition) is 8. The van der Waals surface area contributed by atoms with Crippen molar-refractivity contribution in [3.63, 3.8) is 0 Å². The Hall–Kier alpha value is -2.18. The van der Waals surface area contributed by atoms with Crippen molar-refractivity contribution >= 4 is 38.7 Å². The zero-order chi connectivity index (χ0) is 18.5. The summed E-state index contributed by atoms with van der Waals surface area (Å²) in [6.45, 7) is 0.754. The Bertz CT molecular complexity index is 983. The van der Waals surface area contributed by atoms with Crippen molar-refractivity contribution < 1.29 is 18.1 Å². The highest BCUT2D eigenvalue weighted by molar-refractivity contribution is 7.89. The zero-order valence-electron chi connectivity index (χ0n) is 13.5. The lowest BCUT2D eigenvalue weighted by Gasteiger charge is -2.34. The van der Waals surface area contributed by atoms with Crippen LogP contribution in [-0.2, 0) is 14.8 Å². The van der Waals surface area contributed by atoms with Crippen LogP contribution in [0.5, 0.6) is 0 Å². The maximum atomic E-state index is 12.9. The van der Waals surface area contributed by atoms with Crippen molar-refractivity contribution in [2.45, 2.75) is 17.4 Å². The second-order valence-corrected chi connectivity index (χ2v) is 8.75. The molecule has 1 saturated carbocycles. The Morgan fingerprint density at radius 2 is 1.96 bits per heavy atom. The fourth-order valence-electron chi connectivity index (χ4n) is 3.19. The van der Waals surface area contributed by atoms with E-state index in [2.05, 4.69) is 8.75 Å². The summed E-state index contributed by atoms with van der Waals surface area (Å²) in [5.41, 5.74) is 0.882. The first-order valence-electron chi connectivity index (χ1n) is 8.03. The van der Waals surface area contributed by atoms with E-state index in [4.69, 9.17) is 0 Å². The third-order valence-electron chi connectivity index (χ3n) is 4.76. The SMILES string of the molecule is O=C(C1CC1[N+](=O)[O-])N1CCN(S(=O)(=O)c2cccc3nsnc23)CC1. The van der Waals surface area contributed by atoms with Crippen molar-refractivity contribution in [2.24, 2.45) is 5.92 Å². The van der Waals surface area contributed by atoms with Crippen LogP contribution in [0.3, 0.4) is 0 Å². The fourth-order valence-corrected chi connectivity index (χ4v) is 5.37. The lowest BCUT2D eigenvalue weighted by molar-refractivity contribution is -0.497. The lowest BCUT2D eigenvalue weighted by Crippen LogP contribution is -2.51. The summed E-state index contributed by atoms with van der Waals surface area (Å²) < 4.78 is 35.3. The number of amides is 1. The van der Waals surface area contributed by atoms with E-state index in [1.165, 1.54) is 15.3 Å². The summed E-state index contributed by atoms with van der Waals surface area (Å²) in [6.07, 6.45) is 0.267. The van der Waals surface area contributed by atoms with Gasteiger partial charge in [0.15, 0.2) is 0 Å². The van der Waals surface area contributed by atoms with Crippen LogP contribution in [0.25, 0.3) is 11.0 Å². The summed E-state index contributed by atoms with van der Waals surface area (Å²) in [4.78, 5) is 24.2. The molecule has 2 aliphatic rings. The highest BCUT2D eigenvalue weighted by atomic mass is 32.2. The molecule has 2 heterocycles. The van der Waals surface area contributed by atoms with Gasteiger partial charge in [-0.2, -0.15) is 13.1 Å². The number of nitrogens with zero attached hydrogens (tertiary/aromatic N) is 5. The predicted molar refractivity (Wildman–Crippen MR) is 91.6 cm³/mol. The number of nitro groups is 1. The van der Waals surface area contributed by atoms with E-state index in [-0.39, 0.29) is 43.4 Å². The minimum absolute atomic E-state index is 0.110. The van der Waals surface area contributed by atoms with Crippen LogP contribution in [0.4, 0.5) is 0 Å². The number of piperazine rings is 1. The van der Waals surface area contributed by atoms with Gasteiger partial charge in [0.2, 0.25) is 22.0 Å². The van der Waals surface area contributed by atoms with Crippen molar-refractivity contribution in [2.75, 3.05) is 26.2 Å². The van der Waals surface area contributed by atoms with Crippen molar-refractivity contribution in [1.29, 1.82) is 0 Å². The molecule has 12 heteroatoms. The number of rotatable bonds is 4. The molecule has 1 amide bonds. The Morgan fingerprint density at radius 3 is 2.62 bits per heavy atom. The Morgan fingerprint density at radius 1 is 1.23 bits per heavy atom. The first-order valence-corrected chi connectivity index (χ1v) is 10.2. The molecule has 0 radical (unpaired) electrons. The van der Waals surface area contributed by atoms with E-state index < -0.39 is 26.9 Å². The van der Waals surface area contributed by atoms with Crippen LogP contribution in [0.1, 0.15) is 6.42 Å². The van der Waals surface area contributed by atoms with Gasteiger partial charge in [-0.25, -0.2) is 8.42 Å². The molecule has 2 fully saturated rings.